The summed E-state index contributed by atoms with van der Waals surface area (Å²) in [5.41, 5.74) is 2.06. The fourth-order valence-electron chi connectivity index (χ4n) is 1.85. The smallest absolute Gasteiger partial charge is 0.356 e. The number of methoxy groups -OCH3 is 1. The Morgan fingerprint density at radius 1 is 1.40 bits per heavy atom. The van der Waals surface area contributed by atoms with Crippen LogP contribution in [0, 0.1) is 6.92 Å². The zero-order valence-corrected chi connectivity index (χ0v) is 11.5. The summed E-state index contributed by atoms with van der Waals surface area (Å²) < 4.78 is 6.10. The molecule has 1 N–H and O–H groups in total. The molecule has 6 nitrogen and oxygen atoms in total. The van der Waals surface area contributed by atoms with Crippen LogP contribution in [0.15, 0.2) is 35.4 Å². The van der Waals surface area contributed by atoms with Crippen LogP contribution in [0.4, 0.5) is 5.69 Å². The van der Waals surface area contributed by atoms with Crippen molar-refractivity contribution in [1.29, 1.82) is 0 Å². The van der Waals surface area contributed by atoms with Crippen LogP contribution >= 0.6 is 0 Å². The van der Waals surface area contributed by atoms with Gasteiger partial charge in [0.2, 0.25) is 0 Å². The Hall–Kier alpha value is -2.63. The predicted molar refractivity (Wildman–Crippen MR) is 75.5 cm³/mol. The highest BCUT2D eigenvalue weighted by Crippen LogP contribution is 2.12. The van der Waals surface area contributed by atoms with E-state index in [-0.39, 0.29) is 11.3 Å². The standard InChI is InChI=1S/C14H15N3O3/c1-9-6-11(8-16-13(9)14(19)20-3)17-5-4-10(15-2)7-12(17)18/h4-8,15H,1-3H3. The summed E-state index contributed by atoms with van der Waals surface area (Å²) in [5.74, 6) is -0.494. The zero-order valence-electron chi connectivity index (χ0n) is 11.5. The molecule has 0 saturated carbocycles. The van der Waals surface area contributed by atoms with Crippen molar-refractivity contribution in [2.24, 2.45) is 0 Å². The number of hydrogen-bond donors (Lipinski definition) is 1. The Morgan fingerprint density at radius 2 is 2.15 bits per heavy atom. The van der Waals surface area contributed by atoms with E-state index in [4.69, 9.17) is 0 Å². The first kappa shape index (κ1) is 13.8. The molecule has 0 spiro atoms. The molecule has 6 heteroatoms. The molecule has 0 aliphatic rings. The van der Waals surface area contributed by atoms with E-state index in [0.717, 1.165) is 5.69 Å². The number of carbonyl (C=O) groups is 1. The minimum absolute atomic E-state index is 0.177. The largest absolute Gasteiger partial charge is 0.464 e. The quantitative estimate of drug-likeness (QED) is 0.855. The lowest BCUT2D eigenvalue weighted by Gasteiger charge is -2.09. The molecule has 0 atom stereocenters. The topological polar surface area (TPSA) is 73.2 Å². The molecular weight excluding hydrogens is 258 g/mol. The molecule has 0 radical (unpaired) electrons. The van der Waals surface area contributed by atoms with Gasteiger partial charge in [-0.25, -0.2) is 9.78 Å². The zero-order chi connectivity index (χ0) is 14.7. The fraction of sp³-hybridized carbons (Fsp3) is 0.214. The summed E-state index contributed by atoms with van der Waals surface area (Å²) in [6.07, 6.45) is 3.13. The number of carbonyl (C=O) groups excluding carboxylic acids is 1. The van der Waals surface area contributed by atoms with Crippen LogP contribution in [0.1, 0.15) is 16.1 Å². The molecule has 2 aromatic heterocycles. The van der Waals surface area contributed by atoms with Gasteiger partial charge in [-0.1, -0.05) is 0 Å². The fourth-order valence-corrected chi connectivity index (χ4v) is 1.85. The maximum absolute atomic E-state index is 12.0. The summed E-state index contributed by atoms with van der Waals surface area (Å²) in [5, 5.41) is 2.90. The molecule has 0 aliphatic carbocycles. The molecule has 0 amide bonds. The lowest BCUT2D eigenvalue weighted by Crippen LogP contribution is -2.18. The third kappa shape index (κ3) is 2.54. The number of aryl methyl sites for hydroxylation is 1. The van der Waals surface area contributed by atoms with Crippen LogP contribution in [0.3, 0.4) is 0 Å². The van der Waals surface area contributed by atoms with Gasteiger partial charge >= 0.3 is 5.97 Å². The highest BCUT2D eigenvalue weighted by molar-refractivity contribution is 5.88. The Morgan fingerprint density at radius 3 is 2.70 bits per heavy atom. The van der Waals surface area contributed by atoms with Gasteiger partial charge < -0.3 is 10.1 Å². The van der Waals surface area contributed by atoms with Crippen molar-refractivity contribution in [2.45, 2.75) is 6.92 Å². The van der Waals surface area contributed by atoms with E-state index in [2.05, 4.69) is 15.0 Å². The number of nitrogens with one attached hydrogen (secondary N) is 1. The van der Waals surface area contributed by atoms with E-state index >= 15 is 0 Å². The van der Waals surface area contributed by atoms with Gasteiger partial charge in [-0.15, -0.1) is 0 Å². The van der Waals surface area contributed by atoms with Crippen LogP contribution in [0.25, 0.3) is 5.69 Å². The number of ether oxygens (including phenoxy) is 1. The Balaban J connectivity index is 2.47. The highest BCUT2D eigenvalue weighted by atomic mass is 16.5. The minimum atomic E-state index is -0.494. The SMILES string of the molecule is CNc1ccn(-c2cnc(C(=O)OC)c(C)c2)c(=O)c1. The lowest BCUT2D eigenvalue weighted by atomic mass is 10.2. The molecular formula is C14H15N3O3. The first-order chi connectivity index (χ1) is 9.56. The molecule has 0 aromatic carbocycles. The van der Waals surface area contributed by atoms with Gasteiger partial charge in [0.15, 0.2) is 5.69 Å². The van der Waals surface area contributed by atoms with Crippen molar-refractivity contribution in [1.82, 2.24) is 9.55 Å². The van der Waals surface area contributed by atoms with E-state index in [1.54, 1.807) is 32.3 Å². The van der Waals surface area contributed by atoms with Crippen molar-refractivity contribution in [3.05, 3.63) is 52.2 Å². The van der Waals surface area contributed by atoms with E-state index in [0.29, 0.717) is 11.3 Å². The van der Waals surface area contributed by atoms with Gasteiger partial charge in [-0.05, 0) is 24.6 Å². The normalized spacial score (nSPS) is 10.2. The number of nitrogens with zero attached hydrogens (tertiary/aromatic N) is 2. The summed E-state index contributed by atoms with van der Waals surface area (Å²) in [7, 11) is 3.05. The monoisotopic (exact) mass is 273 g/mol. The first-order valence-electron chi connectivity index (χ1n) is 6.02. The van der Waals surface area contributed by atoms with Crippen LogP contribution in [-0.4, -0.2) is 29.7 Å². The maximum Gasteiger partial charge on any atom is 0.356 e. The van der Waals surface area contributed by atoms with E-state index in [1.165, 1.54) is 23.9 Å². The molecule has 104 valence electrons. The predicted octanol–water partition coefficient (Wildman–Crippen LogP) is 1.37. The summed E-state index contributed by atoms with van der Waals surface area (Å²) in [6.45, 7) is 1.75. The summed E-state index contributed by atoms with van der Waals surface area (Å²) >= 11 is 0. The molecule has 0 saturated heterocycles. The molecule has 0 aliphatic heterocycles. The first-order valence-corrected chi connectivity index (χ1v) is 6.02. The molecule has 2 rings (SSSR count). The summed E-state index contributed by atoms with van der Waals surface area (Å²) in [4.78, 5) is 27.5. The molecule has 0 fully saturated rings. The van der Waals surface area contributed by atoms with Crippen molar-refractivity contribution in [2.75, 3.05) is 19.5 Å². The molecule has 20 heavy (non-hydrogen) atoms. The van der Waals surface area contributed by atoms with E-state index < -0.39 is 5.97 Å². The van der Waals surface area contributed by atoms with Gasteiger partial charge in [0.25, 0.3) is 5.56 Å². The second-order valence-electron chi connectivity index (χ2n) is 4.22. The van der Waals surface area contributed by atoms with Crippen LogP contribution < -0.4 is 10.9 Å². The number of hydrogen-bond acceptors (Lipinski definition) is 5. The lowest BCUT2D eigenvalue weighted by molar-refractivity contribution is 0.0593. The Labute approximate surface area is 116 Å². The minimum Gasteiger partial charge on any atom is -0.464 e. The second-order valence-corrected chi connectivity index (χ2v) is 4.22. The van der Waals surface area contributed by atoms with Crippen molar-refractivity contribution < 1.29 is 9.53 Å². The van der Waals surface area contributed by atoms with Crippen LogP contribution in [0.2, 0.25) is 0 Å². The molecule has 2 heterocycles. The number of aromatic nitrogens is 2. The van der Waals surface area contributed by atoms with Crippen molar-refractivity contribution in [3.8, 4) is 5.69 Å². The highest BCUT2D eigenvalue weighted by Gasteiger charge is 2.12. The number of anilines is 1. The van der Waals surface area contributed by atoms with Gasteiger partial charge in [0, 0.05) is 25.0 Å². The van der Waals surface area contributed by atoms with E-state index in [9.17, 15) is 9.59 Å². The average Bonchev–Trinajstić information content (AvgIpc) is 2.46. The van der Waals surface area contributed by atoms with Gasteiger partial charge in [-0.2, -0.15) is 0 Å². The summed E-state index contributed by atoms with van der Waals surface area (Å²) in [6, 6.07) is 4.99. The van der Waals surface area contributed by atoms with Crippen molar-refractivity contribution in [3.63, 3.8) is 0 Å². The van der Waals surface area contributed by atoms with Gasteiger partial charge in [0.1, 0.15) is 0 Å². The number of pyridine rings is 2. The molecule has 0 unspecified atom stereocenters. The third-order valence-corrected chi connectivity index (χ3v) is 2.93. The van der Waals surface area contributed by atoms with Gasteiger partial charge in [0.05, 0.1) is 19.0 Å². The average molecular weight is 273 g/mol. The molecule has 2 aromatic rings. The Bertz CT molecular complexity index is 707. The van der Waals surface area contributed by atoms with Crippen LogP contribution in [0.5, 0.6) is 0 Å². The maximum atomic E-state index is 12.0. The van der Waals surface area contributed by atoms with Gasteiger partial charge in [-0.3, -0.25) is 9.36 Å². The second kappa shape index (κ2) is 5.56. The van der Waals surface area contributed by atoms with Crippen LogP contribution in [-0.2, 0) is 4.74 Å². The Kier molecular flexibility index (Phi) is 3.84. The third-order valence-electron chi connectivity index (χ3n) is 2.93. The number of esters is 1. The van der Waals surface area contributed by atoms with E-state index in [1.807, 2.05) is 0 Å². The van der Waals surface area contributed by atoms with Crippen molar-refractivity contribution >= 4 is 11.7 Å². The molecule has 0 bridgehead atoms. The number of rotatable bonds is 3.